The van der Waals surface area contributed by atoms with Gasteiger partial charge in [-0.15, -0.1) is 0 Å². The first-order valence-electron chi connectivity index (χ1n) is 7.11. The Morgan fingerprint density at radius 1 is 1.35 bits per heavy atom. The van der Waals surface area contributed by atoms with Gasteiger partial charge in [0.05, 0.1) is 19.3 Å². The summed E-state index contributed by atoms with van der Waals surface area (Å²) in [6.45, 7) is 4.38. The second-order valence-corrected chi connectivity index (χ2v) is 4.93. The van der Waals surface area contributed by atoms with E-state index in [1.807, 2.05) is 14.0 Å². The van der Waals surface area contributed by atoms with Crippen molar-refractivity contribution >= 4 is 12.0 Å². The Bertz CT molecular complexity index is 325. The van der Waals surface area contributed by atoms with Crippen LogP contribution in [0.5, 0.6) is 0 Å². The largest absolute Gasteiger partial charge is 0.481 e. The van der Waals surface area contributed by atoms with Crippen molar-refractivity contribution in [2.45, 2.75) is 25.8 Å². The molecule has 0 aromatic rings. The fraction of sp³-hybridized carbons (Fsp3) is 0.846. The Morgan fingerprint density at radius 2 is 2.10 bits per heavy atom. The molecule has 1 rings (SSSR count). The van der Waals surface area contributed by atoms with Crippen LogP contribution < -0.4 is 10.6 Å². The van der Waals surface area contributed by atoms with Gasteiger partial charge in [-0.1, -0.05) is 6.92 Å². The molecule has 0 bridgehead atoms. The summed E-state index contributed by atoms with van der Waals surface area (Å²) in [4.78, 5) is 25.0. The summed E-state index contributed by atoms with van der Waals surface area (Å²) in [5.74, 6) is -1.54. The summed E-state index contributed by atoms with van der Waals surface area (Å²) in [5, 5.41) is 15.0. The lowest BCUT2D eigenvalue weighted by Gasteiger charge is -2.30. The van der Waals surface area contributed by atoms with Crippen LogP contribution in [-0.2, 0) is 9.53 Å². The molecule has 1 fully saturated rings. The fourth-order valence-corrected chi connectivity index (χ4v) is 2.31. The number of nitrogens with zero attached hydrogens (tertiary/aromatic N) is 1. The number of carbonyl (C=O) groups excluding carboxylic acids is 1. The minimum Gasteiger partial charge on any atom is -0.481 e. The zero-order chi connectivity index (χ0) is 15.0. The van der Waals surface area contributed by atoms with Crippen LogP contribution in [0, 0.1) is 5.92 Å². The molecule has 0 saturated carbocycles. The van der Waals surface area contributed by atoms with Crippen LogP contribution >= 0.6 is 0 Å². The van der Waals surface area contributed by atoms with Crippen LogP contribution in [-0.4, -0.2) is 67.9 Å². The Morgan fingerprint density at radius 3 is 2.70 bits per heavy atom. The Labute approximate surface area is 119 Å². The van der Waals surface area contributed by atoms with E-state index in [9.17, 15) is 14.7 Å². The van der Waals surface area contributed by atoms with E-state index in [4.69, 9.17) is 4.74 Å². The molecule has 2 unspecified atom stereocenters. The first-order chi connectivity index (χ1) is 9.61. The summed E-state index contributed by atoms with van der Waals surface area (Å²) >= 11 is 0. The molecule has 0 aliphatic carbocycles. The van der Waals surface area contributed by atoms with Crippen LogP contribution in [0.2, 0.25) is 0 Å². The summed E-state index contributed by atoms with van der Waals surface area (Å²) < 4.78 is 5.24. The normalized spacial score (nSPS) is 21.7. The molecule has 0 radical (unpaired) electrons. The van der Waals surface area contributed by atoms with Gasteiger partial charge < -0.3 is 25.4 Å². The van der Waals surface area contributed by atoms with Gasteiger partial charge in [0, 0.05) is 13.1 Å². The quantitative estimate of drug-likeness (QED) is 0.552. The molecule has 1 aliphatic heterocycles. The monoisotopic (exact) mass is 287 g/mol. The minimum absolute atomic E-state index is 0.174. The lowest BCUT2D eigenvalue weighted by Crippen LogP contribution is -2.51. The summed E-state index contributed by atoms with van der Waals surface area (Å²) in [6.07, 6.45) is 1.62. The molecule has 0 spiro atoms. The van der Waals surface area contributed by atoms with E-state index in [1.54, 1.807) is 4.90 Å². The third-order valence-electron chi connectivity index (χ3n) is 3.37. The van der Waals surface area contributed by atoms with E-state index in [0.29, 0.717) is 19.7 Å². The van der Waals surface area contributed by atoms with Gasteiger partial charge in [-0.25, -0.2) is 4.79 Å². The van der Waals surface area contributed by atoms with Crippen molar-refractivity contribution in [3.05, 3.63) is 0 Å². The Kier molecular flexibility index (Phi) is 7.32. The number of urea groups is 1. The standard InChI is InChI=1S/C13H25N3O4/c1-3-7-16(13(19)15-6-4-5-14-2)11-9-20-8-10(11)12(17)18/h10-11,14H,3-9H2,1-2H3,(H,15,19)(H,17,18). The zero-order valence-corrected chi connectivity index (χ0v) is 12.2. The second-order valence-electron chi connectivity index (χ2n) is 4.93. The smallest absolute Gasteiger partial charge is 0.317 e. The molecule has 0 aromatic heterocycles. The number of aliphatic carboxylic acids is 1. The Balaban J connectivity index is 2.58. The highest BCUT2D eigenvalue weighted by Crippen LogP contribution is 2.20. The molecule has 116 valence electrons. The van der Waals surface area contributed by atoms with Crippen molar-refractivity contribution in [2.24, 2.45) is 5.92 Å². The van der Waals surface area contributed by atoms with Gasteiger partial charge in [0.1, 0.15) is 5.92 Å². The van der Waals surface area contributed by atoms with Crippen LogP contribution in [0.25, 0.3) is 0 Å². The van der Waals surface area contributed by atoms with Gasteiger partial charge in [-0.3, -0.25) is 4.79 Å². The van der Waals surface area contributed by atoms with Gasteiger partial charge in [0.2, 0.25) is 0 Å². The topological polar surface area (TPSA) is 90.9 Å². The van der Waals surface area contributed by atoms with E-state index >= 15 is 0 Å². The number of amides is 2. The highest BCUT2D eigenvalue weighted by molar-refractivity contribution is 5.77. The molecular weight excluding hydrogens is 262 g/mol. The van der Waals surface area contributed by atoms with Crippen LogP contribution in [0.15, 0.2) is 0 Å². The molecule has 7 nitrogen and oxygen atoms in total. The molecule has 0 aromatic carbocycles. The van der Waals surface area contributed by atoms with E-state index in [0.717, 1.165) is 19.4 Å². The van der Waals surface area contributed by atoms with Gasteiger partial charge in [-0.05, 0) is 26.4 Å². The number of carboxylic acids is 1. The van der Waals surface area contributed by atoms with E-state index in [1.165, 1.54) is 0 Å². The Hall–Kier alpha value is -1.34. The third-order valence-corrected chi connectivity index (χ3v) is 3.37. The number of ether oxygens (including phenoxy) is 1. The average molecular weight is 287 g/mol. The molecule has 1 aliphatic rings. The fourth-order valence-electron chi connectivity index (χ4n) is 2.31. The maximum Gasteiger partial charge on any atom is 0.317 e. The minimum atomic E-state index is -0.906. The molecular formula is C13H25N3O4. The van der Waals surface area contributed by atoms with Crippen LogP contribution in [0.1, 0.15) is 19.8 Å². The third kappa shape index (κ3) is 4.64. The predicted octanol–water partition coefficient (Wildman–Crippen LogP) is 0.117. The van der Waals surface area contributed by atoms with Crippen molar-refractivity contribution in [3.63, 3.8) is 0 Å². The molecule has 2 atom stereocenters. The molecule has 7 heteroatoms. The lowest BCUT2D eigenvalue weighted by atomic mass is 10.0. The predicted molar refractivity (Wildman–Crippen MR) is 74.7 cm³/mol. The van der Waals surface area contributed by atoms with Gasteiger partial charge in [0.15, 0.2) is 0 Å². The van der Waals surface area contributed by atoms with Crippen molar-refractivity contribution in [1.29, 1.82) is 0 Å². The summed E-state index contributed by atoms with van der Waals surface area (Å²) in [7, 11) is 1.86. The number of carboxylic acid groups (broad SMARTS) is 1. The number of carbonyl (C=O) groups is 2. The van der Waals surface area contributed by atoms with Gasteiger partial charge in [0.25, 0.3) is 0 Å². The van der Waals surface area contributed by atoms with Gasteiger partial charge in [-0.2, -0.15) is 0 Å². The average Bonchev–Trinajstić information content (AvgIpc) is 2.90. The summed E-state index contributed by atoms with van der Waals surface area (Å²) in [5.41, 5.74) is 0. The van der Waals surface area contributed by atoms with Gasteiger partial charge >= 0.3 is 12.0 Å². The van der Waals surface area contributed by atoms with E-state index < -0.39 is 11.9 Å². The first kappa shape index (κ1) is 16.7. The van der Waals surface area contributed by atoms with E-state index in [-0.39, 0.29) is 18.7 Å². The second kappa shape index (κ2) is 8.76. The maximum absolute atomic E-state index is 12.2. The van der Waals surface area contributed by atoms with Crippen molar-refractivity contribution < 1.29 is 19.4 Å². The first-order valence-corrected chi connectivity index (χ1v) is 7.11. The SMILES string of the molecule is CCCN(C(=O)NCCCNC)C1COCC1C(=O)O. The van der Waals surface area contributed by atoms with Crippen molar-refractivity contribution in [1.82, 2.24) is 15.5 Å². The zero-order valence-electron chi connectivity index (χ0n) is 12.2. The highest BCUT2D eigenvalue weighted by Gasteiger charge is 2.39. The maximum atomic E-state index is 12.2. The number of hydrogen-bond acceptors (Lipinski definition) is 4. The molecule has 1 heterocycles. The van der Waals surface area contributed by atoms with Crippen molar-refractivity contribution in [3.8, 4) is 0 Å². The lowest BCUT2D eigenvalue weighted by molar-refractivity contribution is -0.142. The molecule has 2 amide bonds. The van der Waals surface area contributed by atoms with Crippen LogP contribution in [0.4, 0.5) is 4.79 Å². The molecule has 3 N–H and O–H groups in total. The number of rotatable bonds is 8. The van der Waals surface area contributed by atoms with Crippen LogP contribution in [0.3, 0.4) is 0 Å². The molecule has 20 heavy (non-hydrogen) atoms. The van der Waals surface area contributed by atoms with E-state index in [2.05, 4.69) is 10.6 Å². The highest BCUT2D eigenvalue weighted by atomic mass is 16.5. The number of hydrogen-bond donors (Lipinski definition) is 3. The molecule has 1 saturated heterocycles. The summed E-state index contributed by atoms with van der Waals surface area (Å²) in [6, 6.07) is -0.582. The number of nitrogens with one attached hydrogen (secondary N) is 2. The van der Waals surface area contributed by atoms with Crippen molar-refractivity contribution in [2.75, 3.05) is 39.9 Å².